The highest BCUT2D eigenvalue weighted by Crippen LogP contribution is 2.23. The fraction of sp³-hybridized carbons (Fsp3) is 0.136. The zero-order valence-corrected chi connectivity index (χ0v) is 14.1. The molecule has 3 aromatic carbocycles. The highest BCUT2D eigenvalue weighted by Gasteiger charge is 2.17. The topological polar surface area (TPSA) is 29.1 Å². The largest absolute Gasteiger partial charge is 0.345 e. The molecule has 0 radical (unpaired) electrons. The van der Waals surface area contributed by atoms with Gasteiger partial charge >= 0.3 is 0 Å². The minimum Gasteiger partial charge on any atom is -0.345 e. The zero-order chi connectivity index (χ0) is 17.6. The molecule has 0 spiro atoms. The molecule has 0 fully saturated rings. The molecule has 3 aromatic rings. The van der Waals surface area contributed by atoms with E-state index in [1.165, 1.54) is 12.1 Å². The van der Waals surface area contributed by atoms with Gasteiger partial charge in [0.05, 0.1) is 12.5 Å². The lowest BCUT2D eigenvalue weighted by atomic mass is 9.97. The third-order valence-electron chi connectivity index (χ3n) is 4.09. The predicted octanol–water partition coefficient (Wildman–Crippen LogP) is 4.58. The summed E-state index contributed by atoms with van der Waals surface area (Å²) >= 11 is 0. The van der Waals surface area contributed by atoms with Crippen molar-refractivity contribution >= 4 is 5.91 Å². The van der Waals surface area contributed by atoms with E-state index in [-0.39, 0.29) is 24.2 Å². The predicted molar refractivity (Wildman–Crippen MR) is 97.7 cm³/mol. The van der Waals surface area contributed by atoms with Crippen molar-refractivity contribution in [3.8, 4) is 0 Å². The van der Waals surface area contributed by atoms with E-state index in [4.69, 9.17) is 0 Å². The smallest absolute Gasteiger partial charge is 0.225 e. The van der Waals surface area contributed by atoms with Gasteiger partial charge in [-0.05, 0) is 35.7 Å². The Hall–Kier alpha value is -2.94. The lowest BCUT2D eigenvalue weighted by Gasteiger charge is -2.20. The van der Waals surface area contributed by atoms with Gasteiger partial charge in [-0.25, -0.2) is 4.39 Å². The van der Waals surface area contributed by atoms with Gasteiger partial charge in [-0.15, -0.1) is 0 Å². The number of halogens is 1. The number of amides is 1. The van der Waals surface area contributed by atoms with Crippen LogP contribution in [0, 0.1) is 12.7 Å². The van der Waals surface area contributed by atoms with Gasteiger partial charge in [-0.3, -0.25) is 4.79 Å². The quantitative estimate of drug-likeness (QED) is 0.727. The van der Waals surface area contributed by atoms with Gasteiger partial charge in [-0.1, -0.05) is 72.3 Å². The van der Waals surface area contributed by atoms with Crippen LogP contribution in [0.3, 0.4) is 0 Å². The van der Waals surface area contributed by atoms with Crippen LogP contribution in [0.5, 0.6) is 0 Å². The minimum atomic E-state index is -0.300. The first kappa shape index (κ1) is 16.9. The first-order valence-corrected chi connectivity index (χ1v) is 8.27. The van der Waals surface area contributed by atoms with Crippen molar-refractivity contribution in [2.24, 2.45) is 0 Å². The Balaban J connectivity index is 1.82. The van der Waals surface area contributed by atoms with Crippen LogP contribution >= 0.6 is 0 Å². The molecule has 0 aliphatic rings. The SMILES string of the molecule is Cc1cccc([C@@H](NC(=O)Cc2ccc(F)cc2)c2ccccc2)c1. The molecular formula is C22H20FNO. The number of benzene rings is 3. The molecule has 0 bridgehead atoms. The average Bonchev–Trinajstić information content (AvgIpc) is 2.62. The van der Waals surface area contributed by atoms with Crippen LogP contribution in [-0.2, 0) is 11.2 Å². The zero-order valence-electron chi connectivity index (χ0n) is 14.1. The molecule has 1 amide bonds. The molecule has 0 heterocycles. The summed E-state index contributed by atoms with van der Waals surface area (Å²) in [5.74, 6) is -0.395. The monoisotopic (exact) mass is 333 g/mol. The number of hydrogen-bond acceptors (Lipinski definition) is 1. The summed E-state index contributed by atoms with van der Waals surface area (Å²) in [6.07, 6.45) is 0.218. The molecule has 0 aromatic heterocycles. The van der Waals surface area contributed by atoms with Gasteiger partial charge in [0.15, 0.2) is 0 Å². The number of nitrogens with one attached hydrogen (secondary N) is 1. The minimum absolute atomic E-state index is 0.0954. The molecule has 0 aliphatic heterocycles. The van der Waals surface area contributed by atoms with Gasteiger partial charge in [-0.2, -0.15) is 0 Å². The van der Waals surface area contributed by atoms with Crippen LogP contribution in [0.2, 0.25) is 0 Å². The summed E-state index contributed by atoms with van der Waals surface area (Å²) in [6, 6.07) is 23.8. The Morgan fingerprint density at radius 1 is 0.920 bits per heavy atom. The lowest BCUT2D eigenvalue weighted by Crippen LogP contribution is -2.30. The van der Waals surface area contributed by atoms with Gasteiger partial charge in [0, 0.05) is 0 Å². The molecule has 3 heteroatoms. The van der Waals surface area contributed by atoms with E-state index in [2.05, 4.69) is 11.4 Å². The highest BCUT2D eigenvalue weighted by molar-refractivity contribution is 5.79. The summed E-state index contributed by atoms with van der Waals surface area (Å²) in [7, 11) is 0. The fourth-order valence-electron chi connectivity index (χ4n) is 2.85. The molecule has 0 unspecified atom stereocenters. The normalized spacial score (nSPS) is 11.8. The molecule has 3 rings (SSSR count). The molecule has 25 heavy (non-hydrogen) atoms. The van der Waals surface area contributed by atoms with Crippen LogP contribution in [0.4, 0.5) is 4.39 Å². The van der Waals surface area contributed by atoms with Crippen molar-refractivity contribution in [1.82, 2.24) is 5.32 Å². The van der Waals surface area contributed by atoms with E-state index >= 15 is 0 Å². The molecule has 1 atom stereocenters. The maximum absolute atomic E-state index is 13.0. The molecule has 0 aliphatic carbocycles. The summed E-state index contributed by atoms with van der Waals surface area (Å²) in [5, 5.41) is 3.11. The van der Waals surface area contributed by atoms with Crippen molar-refractivity contribution in [1.29, 1.82) is 0 Å². The maximum atomic E-state index is 13.0. The summed E-state index contributed by atoms with van der Waals surface area (Å²) in [4.78, 5) is 12.5. The molecule has 0 saturated heterocycles. The highest BCUT2D eigenvalue weighted by atomic mass is 19.1. The van der Waals surface area contributed by atoms with Crippen molar-refractivity contribution in [2.75, 3.05) is 0 Å². The van der Waals surface area contributed by atoms with Crippen LogP contribution in [0.1, 0.15) is 28.3 Å². The number of rotatable bonds is 5. The van der Waals surface area contributed by atoms with Crippen molar-refractivity contribution in [3.05, 3.63) is 107 Å². The molecule has 2 nitrogen and oxygen atoms in total. The maximum Gasteiger partial charge on any atom is 0.225 e. The summed E-state index contributed by atoms with van der Waals surface area (Å²) in [5.41, 5.74) is 4.00. The van der Waals surface area contributed by atoms with Crippen LogP contribution < -0.4 is 5.32 Å². The Labute approximate surface area is 147 Å². The first-order chi connectivity index (χ1) is 12.1. The van der Waals surface area contributed by atoms with E-state index in [1.54, 1.807) is 12.1 Å². The van der Waals surface area contributed by atoms with E-state index in [1.807, 2.05) is 55.5 Å². The van der Waals surface area contributed by atoms with Crippen LogP contribution in [0.15, 0.2) is 78.9 Å². The van der Waals surface area contributed by atoms with E-state index in [9.17, 15) is 9.18 Å². The Kier molecular flexibility index (Phi) is 5.24. The molecule has 1 N–H and O–H groups in total. The van der Waals surface area contributed by atoms with Crippen LogP contribution in [-0.4, -0.2) is 5.91 Å². The number of aryl methyl sites for hydroxylation is 1. The van der Waals surface area contributed by atoms with Crippen molar-refractivity contribution < 1.29 is 9.18 Å². The van der Waals surface area contributed by atoms with Gasteiger partial charge in [0.2, 0.25) is 5.91 Å². The Morgan fingerprint density at radius 2 is 1.60 bits per heavy atom. The average molecular weight is 333 g/mol. The number of hydrogen-bond donors (Lipinski definition) is 1. The van der Waals surface area contributed by atoms with E-state index < -0.39 is 0 Å². The fourth-order valence-corrected chi connectivity index (χ4v) is 2.85. The number of carbonyl (C=O) groups excluding carboxylic acids is 1. The second kappa shape index (κ2) is 7.75. The van der Waals surface area contributed by atoms with Crippen molar-refractivity contribution in [3.63, 3.8) is 0 Å². The second-order valence-electron chi connectivity index (χ2n) is 6.13. The third-order valence-corrected chi connectivity index (χ3v) is 4.09. The molecule has 126 valence electrons. The lowest BCUT2D eigenvalue weighted by molar-refractivity contribution is -0.120. The van der Waals surface area contributed by atoms with Crippen molar-refractivity contribution in [2.45, 2.75) is 19.4 Å². The molecular weight excluding hydrogens is 313 g/mol. The summed E-state index contributed by atoms with van der Waals surface area (Å²) < 4.78 is 13.0. The van der Waals surface area contributed by atoms with Gasteiger partial charge in [0.1, 0.15) is 5.82 Å². The van der Waals surface area contributed by atoms with Crippen LogP contribution in [0.25, 0.3) is 0 Å². The Morgan fingerprint density at radius 3 is 2.28 bits per heavy atom. The van der Waals surface area contributed by atoms with Gasteiger partial charge < -0.3 is 5.32 Å². The Bertz CT molecular complexity index is 843. The van der Waals surface area contributed by atoms with E-state index in [0.29, 0.717) is 0 Å². The van der Waals surface area contributed by atoms with E-state index in [0.717, 1.165) is 22.3 Å². The third kappa shape index (κ3) is 4.54. The van der Waals surface area contributed by atoms with Gasteiger partial charge in [0.25, 0.3) is 0 Å². The standard InChI is InChI=1S/C22H20FNO/c1-16-6-5-9-19(14-16)22(18-7-3-2-4-8-18)24-21(25)15-17-10-12-20(23)13-11-17/h2-14,22H,15H2,1H3,(H,24,25)/t22-/m0/s1. The second-order valence-corrected chi connectivity index (χ2v) is 6.13. The number of carbonyl (C=O) groups is 1. The summed E-state index contributed by atoms with van der Waals surface area (Å²) in [6.45, 7) is 2.03. The molecule has 0 saturated carbocycles. The first-order valence-electron chi connectivity index (χ1n) is 8.27.